The number of para-hydroxylation sites is 1. The van der Waals surface area contributed by atoms with Crippen molar-refractivity contribution in [3.05, 3.63) is 59.9 Å². The van der Waals surface area contributed by atoms with Crippen LogP contribution in [0.2, 0.25) is 0 Å². The summed E-state index contributed by atoms with van der Waals surface area (Å²) in [4.78, 5) is 4.57. The molecular formula is C16H18N2O2S. The van der Waals surface area contributed by atoms with E-state index in [1.807, 2.05) is 42.5 Å². The first-order valence-corrected chi connectivity index (χ1v) is 7.17. The molecule has 1 aromatic carbocycles. The molecule has 110 valence electrons. The molecule has 0 aliphatic carbocycles. The van der Waals surface area contributed by atoms with Gasteiger partial charge in [0.15, 0.2) is 0 Å². The van der Waals surface area contributed by atoms with Crippen molar-refractivity contribution in [3.8, 4) is 5.75 Å². The molecule has 0 unspecified atom stereocenters. The highest BCUT2D eigenvalue weighted by Gasteiger charge is 2.04. The zero-order valence-corrected chi connectivity index (χ0v) is 12.5. The lowest BCUT2D eigenvalue weighted by molar-refractivity contribution is 0.102. The summed E-state index contributed by atoms with van der Waals surface area (Å²) < 4.78 is 11.2. The van der Waals surface area contributed by atoms with Crippen molar-refractivity contribution in [1.82, 2.24) is 4.98 Å². The smallest absolute Gasteiger partial charge is 0.129 e. The Hall–Kier alpha value is -1.98. The second kappa shape index (κ2) is 8.34. The Morgan fingerprint density at radius 3 is 2.62 bits per heavy atom. The largest absolute Gasteiger partial charge is 0.490 e. The van der Waals surface area contributed by atoms with Crippen LogP contribution >= 0.6 is 12.2 Å². The monoisotopic (exact) mass is 302 g/mol. The molecule has 0 amide bonds. The molecule has 1 heterocycles. The second-order valence-corrected chi connectivity index (χ2v) is 4.83. The quantitative estimate of drug-likeness (QED) is 0.599. The molecule has 4 nitrogen and oxygen atoms in total. The SMILES string of the molecule is NC(=S)c1ccccc1OCCOCCc1ccccn1. The van der Waals surface area contributed by atoms with E-state index < -0.39 is 0 Å². The molecule has 0 saturated heterocycles. The van der Waals surface area contributed by atoms with Gasteiger partial charge in [0.2, 0.25) is 0 Å². The van der Waals surface area contributed by atoms with Gasteiger partial charge in [-0.15, -0.1) is 0 Å². The normalized spacial score (nSPS) is 10.3. The van der Waals surface area contributed by atoms with E-state index in [0.717, 1.165) is 17.7 Å². The zero-order valence-electron chi connectivity index (χ0n) is 11.7. The minimum atomic E-state index is 0.335. The van der Waals surface area contributed by atoms with Crippen LogP contribution in [0.25, 0.3) is 0 Å². The first kappa shape index (κ1) is 15.4. The molecule has 0 aliphatic rings. The molecule has 0 fully saturated rings. The van der Waals surface area contributed by atoms with Gasteiger partial charge in [0, 0.05) is 18.3 Å². The van der Waals surface area contributed by atoms with E-state index in [-0.39, 0.29) is 0 Å². The lowest BCUT2D eigenvalue weighted by Crippen LogP contribution is -2.14. The number of aromatic nitrogens is 1. The van der Waals surface area contributed by atoms with Crippen molar-refractivity contribution in [2.24, 2.45) is 5.73 Å². The van der Waals surface area contributed by atoms with Gasteiger partial charge in [0.25, 0.3) is 0 Å². The van der Waals surface area contributed by atoms with Gasteiger partial charge in [-0.25, -0.2) is 0 Å². The maximum absolute atomic E-state index is 5.64. The van der Waals surface area contributed by atoms with Gasteiger partial charge in [0.05, 0.1) is 18.8 Å². The molecule has 2 N–H and O–H groups in total. The van der Waals surface area contributed by atoms with Crippen molar-refractivity contribution >= 4 is 17.2 Å². The van der Waals surface area contributed by atoms with Crippen LogP contribution < -0.4 is 10.5 Å². The van der Waals surface area contributed by atoms with Crippen molar-refractivity contribution < 1.29 is 9.47 Å². The molecule has 0 atom stereocenters. The molecule has 0 radical (unpaired) electrons. The molecule has 0 spiro atoms. The van der Waals surface area contributed by atoms with Gasteiger partial charge >= 0.3 is 0 Å². The second-order valence-electron chi connectivity index (χ2n) is 4.39. The number of rotatable bonds is 8. The Labute approximate surface area is 129 Å². The first-order valence-electron chi connectivity index (χ1n) is 6.76. The van der Waals surface area contributed by atoms with E-state index in [1.54, 1.807) is 6.20 Å². The molecule has 21 heavy (non-hydrogen) atoms. The molecule has 0 bridgehead atoms. The summed E-state index contributed by atoms with van der Waals surface area (Å²) >= 11 is 4.98. The van der Waals surface area contributed by atoms with E-state index in [4.69, 9.17) is 27.4 Å². The van der Waals surface area contributed by atoms with Gasteiger partial charge in [-0.3, -0.25) is 4.98 Å². The fraction of sp³-hybridized carbons (Fsp3) is 0.250. The number of thiocarbonyl (C=S) groups is 1. The van der Waals surface area contributed by atoms with Gasteiger partial charge in [0.1, 0.15) is 17.3 Å². The summed E-state index contributed by atoms with van der Waals surface area (Å²) in [5, 5.41) is 0. The lowest BCUT2D eigenvalue weighted by atomic mass is 10.2. The molecule has 5 heteroatoms. The molecule has 2 rings (SSSR count). The summed E-state index contributed by atoms with van der Waals surface area (Å²) in [6.45, 7) is 1.59. The van der Waals surface area contributed by atoms with Crippen LogP contribution in [0.4, 0.5) is 0 Å². The van der Waals surface area contributed by atoms with E-state index in [9.17, 15) is 0 Å². The molecule has 0 saturated carbocycles. The molecule has 2 aromatic rings. The average molecular weight is 302 g/mol. The summed E-state index contributed by atoms with van der Waals surface area (Å²) in [7, 11) is 0. The van der Waals surface area contributed by atoms with Crippen LogP contribution in [0.3, 0.4) is 0 Å². The third-order valence-electron chi connectivity index (χ3n) is 2.87. The zero-order chi connectivity index (χ0) is 14.9. The third kappa shape index (κ3) is 5.13. The van der Waals surface area contributed by atoms with E-state index in [0.29, 0.717) is 30.6 Å². The Balaban J connectivity index is 1.67. The van der Waals surface area contributed by atoms with Gasteiger partial charge in [-0.2, -0.15) is 0 Å². The van der Waals surface area contributed by atoms with Crippen LogP contribution in [-0.4, -0.2) is 29.8 Å². The van der Waals surface area contributed by atoms with Gasteiger partial charge in [-0.05, 0) is 24.3 Å². The predicted octanol–water partition coefficient (Wildman–Crippen LogP) is 2.35. The maximum Gasteiger partial charge on any atom is 0.129 e. The highest BCUT2D eigenvalue weighted by molar-refractivity contribution is 7.80. The summed E-state index contributed by atoms with van der Waals surface area (Å²) in [6, 6.07) is 13.3. The Kier molecular flexibility index (Phi) is 6.12. The Morgan fingerprint density at radius 2 is 1.86 bits per heavy atom. The fourth-order valence-electron chi connectivity index (χ4n) is 1.83. The van der Waals surface area contributed by atoms with Crippen molar-refractivity contribution in [2.75, 3.05) is 19.8 Å². The van der Waals surface area contributed by atoms with Crippen LogP contribution in [0.15, 0.2) is 48.7 Å². The molecular weight excluding hydrogens is 284 g/mol. The van der Waals surface area contributed by atoms with E-state index in [2.05, 4.69) is 4.98 Å². The van der Waals surface area contributed by atoms with E-state index >= 15 is 0 Å². The van der Waals surface area contributed by atoms with Crippen LogP contribution in [-0.2, 0) is 11.2 Å². The number of nitrogens with two attached hydrogens (primary N) is 1. The Bertz CT molecular complexity index is 575. The number of pyridine rings is 1. The fourth-order valence-corrected chi connectivity index (χ4v) is 2.00. The van der Waals surface area contributed by atoms with Crippen molar-refractivity contribution in [2.45, 2.75) is 6.42 Å². The van der Waals surface area contributed by atoms with Crippen LogP contribution in [0, 0.1) is 0 Å². The minimum Gasteiger partial charge on any atom is -0.490 e. The summed E-state index contributed by atoms with van der Waals surface area (Å²) in [6.07, 6.45) is 2.58. The number of ether oxygens (including phenoxy) is 2. The highest BCUT2D eigenvalue weighted by Crippen LogP contribution is 2.17. The number of hydrogen-bond acceptors (Lipinski definition) is 4. The topological polar surface area (TPSA) is 57.4 Å². The predicted molar refractivity (Wildman–Crippen MR) is 86.6 cm³/mol. The van der Waals surface area contributed by atoms with Crippen molar-refractivity contribution in [1.29, 1.82) is 0 Å². The summed E-state index contributed by atoms with van der Waals surface area (Å²) in [5.41, 5.74) is 7.42. The summed E-state index contributed by atoms with van der Waals surface area (Å²) in [5.74, 6) is 0.693. The van der Waals surface area contributed by atoms with Gasteiger partial charge < -0.3 is 15.2 Å². The van der Waals surface area contributed by atoms with Crippen LogP contribution in [0.5, 0.6) is 5.75 Å². The first-order chi connectivity index (χ1) is 10.3. The molecule has 0 aliphatic heterocycles. The number of nitrogens with zero attached hydrogens (tertiary/aromatic N) is 1. The average Bonchev–Trinajstić information content (AvgIpc) is 2.52. The highest BCUT2D eigenvalue weighted by atomic mass is 32.1. The Morgan fingerprint density at radius 1 is 1.05 bits per heavy atom. The van der Waals surface area contributed by atoms with Crippen molar-refractivity contribution in [3.63, 3.8) is 0 Å². The minimum absolute atomic E-state index is 0.335. The third-order valence-corrected chi connectivity index (χ3v) is 3.09. The number of hydrogen-bond donors (Lipinski definition) is 1. The number of benzene rings is 1. The lowest BCUT2D eigenvalue weighted by Gasteiger charge is -2.10. The molecule has 1 aromatic heterocycles. The standard InChI is InChI=1S/C16H18N2O2S/c17-16(21)14-6-1-2-7-15(14)20-12-11-19-10-8-13-5-3-4-9-18-13/h1-7,9H,8,10-12H2,(H2,17,21). The van der Waals surface area contributed by atoms with E-state index in [1.165, 1.54) is 0 Å². The van der Waals surface area contributed by atoms with Crippen LogP contribution in [0.1, 0.15) is 11.3 Å². The maximum atomic E-state index is 5.64. The van der Waals surface area contributed by atoms with Gasteiger partial charge in [-0.1, -0.05) is 30.4 Å².